The average Bonchev–Trinajstić information content (AvgIpc) is 2.18. The van der Waals surface area contributed by atoms with E-state index in [0.717, 1.165) is 20.8 Å². The predicted molar refractivity (Wildman–Crippen MR) is 50.1 cm³/mol. The largest absolute Gasteiger partial charge is 3.00 e. The Morgan fingerprint density at radius 2 is 0.737 bits per heavy atom. The molecule has 116 valence electrons. The Morgan fingerprint density at radius 3 is 0.737 bits per heavy atom. The predicted octanol–water partition coefficient (Wildman–Crippen LogP) is -5.65. The first kappa shape index (κ1) is 26.6. The average molecular weight is 464 g/mol. The number of carboxylic acid groups (broad SMARTS) is 3. The molecule has 0 rings (SSSR count). The molecule has 0 aliphatic carbocycles. The third-order valence-corrected chi connectivity index (χ3v) is 1.02. The molecule has 0 saturated heterocycles. The minimum Gasteiger partial charge on any atom is -0.547 e. The van der Waals surface area contributed by atoms with Gasteiger partial charge < -0.3 is 45.0 Å². The van der Waals surface area contributed by atoms with Gasteiger partial charge in [0.1, 0.15) is 0 Å². The van der Waals surface area contributed by atoms with Crippen molar-refractivity contribution in [2.75, 3.05) is 0 Å². The summed E-state index contributed by atoms with van der Waals surface area (Å²) in [6, 6.07) is 0. The van der Waals surface area contributed by atoms with Crippen LogP contribution in [0.1, 0.15) is 20.8 Å². The zero-order valence-electron chi connectivity index (χ0n) is 10.3. The molecule has 0 aliphatic heterocycles. The fraction of sp³-hybridized carbons (Fsp3) is 0.667. The van der Waals surface area contributed by atoms with E-state index in [1.807, 2.05) is 0 Å². The molecule has 3 atom stereocenters. The monoisotopic (exact) mass is 464 g/mol. The fourth-order valence-electron chi connectivity index (χ4n) is 0. The second-order valence-corrected chi connectivity index (χ2v) is 2.99. The summed E-state index contributed by atoms with van der Waals surface area (Å²) in [7, 11) is 0. The molecule has 0 fully saturated rings. The van der Waals surface area contributed by atoms with Crippen molar-refractivity contribution in [2.45, 2.75) is 39.1 Å². The van der Waals surface area contributed by atoms with Crippen molar-refractivity contribution in [3.05, 3.63) is 0 Å². The zero-order chi connectivity index (χ0) is 15.5. The summed E-state index contributed by atoms with van der Waals surface area (Å²) < 4.78 is 0. The number of hydrogen-bond donors (Lipinski definition) is 3. The van der Waals surface area contributed by atoms with Crippen molar-refractivity contribution in [1.29, 1.82) is 0 Å². The van der Waals surface area contributed by atoms with Crippen LogP contribution in [-0.4, -0.2) is 51.5 Å². The maximum Gasteiger partial charge on any atom is 3.00 e. The summed E-state index contributed by atoms with van der Waals surface area (Å²) in [6.45, 7) is 3.40. The first-order valence-corrected chi connectivity index (χ1v) is 4.60. The van der Waals surface area contributed by atoms with Gasteiger partial charge in [-0.15, -0.1) is 0 Å². The van der Waals surface area contributed by atoms with E-state index in [1.54, 1.807) is 0 Å². The van der Waals surface area contributed by atoms with Crippen LogP contribution in [0.15, 0.2) is 0 Å². The van der Waals surface area contributed by atoms with Gasteiger partial charge in [0.2, 0.25) is 0 Å². The Morgan fingerprint density at radius 1 is 0.684 bits per heavy atom. The standard InChI is InChI=1S/3C3H6O3.Au/c3*1-2(4)3(5)6;/h3*2,4H,1H3,(H,5,6);/q;;;+3/p-3. The first-order valence-electron chi connectivity index (χ1n) is 4.60. The van der Waals surface area contributed by atoms with E-state index in [0.29, 0.717) is 0 Å². The molecule has 0 aliphatic rings. The quantitative estimate of drug-likeness (QED) is 0.343. The van der Waals surface area contributed by atoms with Gasteiger partial charge in [-0.05, 0) is 20.8 Å². The molecule has 0 aromatic rings. The van der Waals surface area contributed by atoms with Crippen molar-refractivity contribution in [3.63, 3.8) is 0 Å². The third-order valence-electron chi connectivity index (χ3n) is 1.02. The molecule has 0 radical (unpaired) electrons. The van der Waals surface area contributed by atoms with E-state index < -0.39 is 36.2 Å². The Labute approximate surface area is 125 Å². The molecule has 0 aromatic carbocycles. The summed E-state index contributed by atoms with van der Waals surface area (Å²) >= 11 is 0. The molecule has 3 unspecified atom stereocenters. The van der Waals surface area contributed by atoms with Crippen molar-refractivity contribution in [3.8, 4) is 0 Å². The second kappa shape index (κ2) is 15.1. The van der Waals surface area contributed by atoms with E-state index in [4.69, 9.17) is 15.3 Å². The number of carbonyl (C=O) groups excluding carboxylic acids is 3. The van der Waals surface area contributed by atoms with Crippen LogP contribution in [-0.2, 0) is 36.8 Å². The van der Waals surface area contributed by atoms with Crippen molar-refractivity contribution in [2.24, 2.45) is 0 Å². The molecule has 0 amide bonds. The summed E-state index contributed by atoms with van der Waals surface area (Å²) in [6.07, 6.45) is -4.03. The van der Waals surface area contributed by atoms with Crippen LogP contribution in [0.25, 0.3) is 0 Å². The number of rotatable bonds is 3. The molecular weight excluding hydrogens is 449 g/mol. The SMILES string of the molecule is CC(O)C(=O)[O-].CC(O)C(=O)[O-].CC(O)C(=O)[O-].[Au+3]. The van der Waals surface area contributed by atoms with Gasteiger partial charge in [0.25, 0.3) is 0 Å². The molecule has 9 nitrogen and oxygen atoms in total. The Bertz CT molecular complexity index is 220. The molecule has 3 N–H and O–H groups in total. The van der Waals surface area contributed by atoms with E-state index >= 15 is 0 Å². The fourth-order valence-corrected chi connectivity index (χ4v) is 0. The minimum atomic E-state index is -1.44. The molecule has 0 saturated carbocycles. The maximum atomic E-state index is 9.34. The topological polar surface area (TPSA) is 181 Å². The van der Waals surface area contributed by atoms with Crippen LogP contribution < -0.4 is 15.3 Å². The van der Waals surface area contributed by atoms with Crippen LogP contribution in [0.2, 0.25) is 0 Å². The van der Waals surface area contributed by atoms with E-state index in [9.17, 15) is 29.7 Å². The molecule has 0 heterocycles. The smallest absolute Gasteiger partial charge is 0.547 e. The van der Waals surface area contributed by atoms with Gasteiger partial charge in [0, 0.05) is 0 Å². The van der Waals surface area contributed by atoms with Crippen LogP contribution >= 0.6 is 0 Å². The number of hydrogen-bond acceptors (Lipinski definition) is 9. The van der Waals surface area contributed by atoms with Crippen LogP contribution in [0.5, 0.6) is 0 Å². The number of carbonyl (C=O) groups is 3. The summed E-state index contributed by atoms with van der Waals surface area (Å²) in [5.74, 6) is -4.31. The van der Waals surface area contributed by atoms with Crippen molar-refractivity contribution < 1.29 is 67.4 Å². The van der Waals surface area contributed by atoms with Crippen molar-refractivity contribution >= 4 is 17.9 Å². The van der Waals surface area contributed by atoms with E-state index in [2.05, 4.69) is 0 Å². The van der Waals surface area contributed by atoms with Gasteiger partial charge in [-0.2, -0.15) is 0 Å². The number of aliphatic carboxylic acids is 3. The normalized spacial score (nSPS) is 12.9. The molecule has 0 spiro atoms. The van der Waals surface area contributed by atoms with Crippen LogP contribution in [0, 0.1) is 0 Å². The summed E-state index contributed by atoms with van der Waals surface area (Å²) in [5, 5.41) is 51.9. The van der Waals surface area contributed by atoms with Gasteiger partial charge in [0.15, 0.2) is 0 Å². The van der Waals surface area contributed by atoms with Gasteiger partial charge in [-0.3, -0.25) is 0 Å². The van der Waals surface area contributed by atoms with Gasteiger partial charge >= 0.3 is 22.4 Å². The number of aliphatic hydroxyl groups excluding tert-OH is 3. The molecular formula is C9H15AuO9. The number of aliphatic hydroxyl groups is 3. The minimum absolute atomic E-state index is 0. The third kappa shape index (κ3) is 31.6. The zero-order valence-corrected chi connectivity index (χ0v) is 12.5. The van der Waals surface area contributed by atoms with Gasteiger partial charge in [-0.1, -0.05) is 0 Å². The second-order valence-electron chi connectivity index (χ2n) is 2.99. The van der Waals surface area contributed by atoms with Crippen LogP contribution in [0.3, 0.4) is 0 Å². The van der Waals surface area contributed by atoms with Gasteiger partial charge in [0.05, 0.1) is 36.2 Å². The van der Waals surface area contributed by atoms with E-state index in [-0.39, 0.29) is 22.4 Å². The van der Waals surface area contributed by atoms with E-state index in [1.165, 1.54) is 0 Å². The molecule has 0 aromatic heterocycles. The first-order chi connectivity index (χ1) is 7.93. The van der Waals surface area contributed by atoms with Crippen LogP contribution in [0.4, 0.5) is 0 Å². The Hall–Kier alpha value is -0.970. The Balaban J connectivity index is -0.0000000865. The molecule has 19 heavy (non-hydrogen) atoms. The Kier molecular flexibility index (Phi) is 21.1. The van der Waals surface area contributed by atoms with Gasteiger partial charge in [-0.25, -0.2) is 0 Å². The molecule has 0 bridgehead atoms. The molecule has 10 heteroatoms. The summed E-state index contributed by atoms with van der Waals surface area (Å²) in [4.78, 5) is 28.0. The summed E-state index contributed by atoms with van der Waals surface area (Å²) in [5.41, 5.74) is 0. The maximum absolute atomic E-state index is 9.34. The number of carboxylic acids is 3. The van der Waals surface area contributed by atoms with Crippen molar-refractivity contribution in [1.82, 2.24) is 0 Å².